The fourth-order valence-electron chi connectivity index (χ4n) is 6.01. The number of carbonyl (C=O) groups is 2. The van der Waals surface area contributed by atoms with Crippen molar-refractivity contribution >= 4 is 28.3 Å². The first-order chi connectivity index (χ1) is 18.9. The Morgan fingerprint density at radius 1 is 1.10 bits per heavy atom. The van der Waals surface area contributed by atoms with Gasteiger partial charge in [0.25, 0.3) is 0 Å². The van der Waals surface area contributed by atoms with E-state index in [0.717, 1.165) is 53.8 Å². The lowest BCUT2D eigenvalue weighted by molar-refractivity contribution is -0.141. The lowest BCUT2D eigenvalue weighted by atomic mass is 9.84. The molecule has 3 aliphatic rings. The fourth-order valence-corrected chi connectivity index (χ4v) is 6.91. The van der Waals surface area contributed by atoms with Crippen LogP contribution in [-0.4, -0.2) is 46.2 Å². The van der Waals surface area contributed by atoms with Crippen LogP contribution in [-0.2, 0) is 19.7 Å². The molecule has 0 bridgehead atoms. The molecule has 39 heavy (non-hydrogen) atoms. The molecule has 1 atom stereocenters. The van der Waals surface area contributed by atoms with Gasteiger partial charge in [0.1, 0.15) is 0 Å². The Hall–Kier alpha value is -3.10. The molecular weight excluding hydrogens is 510 g/mol. The molecule has 1 saturated heterocycles. The van der Waals surface area contributed by atoms with Gasteiger partial charge in [-0.15, -0.1) is 11.3 Å². The summed E-state index contributed by atoms with van der Waals surface area (Å²) >= 11 is 1.47. The molecule has 6 rings (SSSR count). The SMILES string of the molecule is CC1(c2ccc(-c3ccccc3-c3csc(N(C(=O)C(CC(=O)O)CC4CCCC4)C4CC4)n3)cn2)COC1. The first-order valence-electron chi connectivity index (χ1n) is 14.1. The second kappa shape index (κ2) is 10.8. The number of nitrogens with zero attached hydrogens (tertiary/aromatic N) is 3. The minimum absolute atomic E-state index is 0.0169. The summed E-state index contributed by atoms with van der Waals surface area (Å²) in [5, 5.41) is 12.3. The van der Waals surface area contributed by atoms with E-state index in [-0.39, 0.29) is 23.8 Å². The van der Waals surface area contributed by atoms with E-state index in [0.29, 0.717) is 30.7 Å². The average Bonchev–Trinajstić information content (AvgIpc) is 3.39. The van der Waals surface area contributed by atoms with Crippen molar-refractivity contribution in [3.8, 4) is 22.4 Å². The largest absolute Gasteiger partial charge is 0.481 e. The lowest BCUT2D eigenvalue weighted by Gasteiger charge is -2.37. The maximum atomic E-state index is 13.8. The Labute approximate surface area is 233 Å². The third-order valence-corrected chi connectivity index (χ3v) is 9.29. The van der Waals surface area contributed by atoms with Gasteiger partial charge in [0, 0.05) is 34.7 Å². The predicted octanol–water partition coefficient (Wildman–Crippen LogP) is 6.33. The Morgan fingerprint density at radius 3 is 2.46 bits per heavy atom. The van der Waals surface area contributed by atoms with E-state index in [1.165, 1.54) is 24.2 Å². The standard InChI is InChI=1S/C31H35N3O4S/c1-31(18-38-19-31)27-13-10-21(16-32-27)24-8-4-5-9-25(24)26-17-39-30(33-26)34(23-11-12-23)29(37)22(15-28(35)36)14-20-6-2-3-7-20/h4-5,8-10,13,16-17,20,22-23H,2-3,6-7,11-12,14-15,18-19H2,1H3,(H,35,36). The monoisotopic (exact) mass is 545 g/mol. The van der Waals surface area contributed by atoms with E-state index in [2.05, 4.69) is 31.2 Å². The average molecular weight is 546 g/mol. The molecule has 1 aromatic carbocycles. The molecular formula is C31H35N3O4S. The predicted molar refractivity (Wildman–Crippen MR) is 152 cm³/mol. The zero-order chi connectivity index (χ0) is 27.0. The van der Waals surface area contributed by atoms with Gasteiger partial charge in [-0.25, -0.2) is 4.98 Å². The van der Waals surface area contributed by atoms with Crippen LogP contribution in [0.1, 0.15) is 64.0 Å². The Bertz CT molecular complexity index is 1340. The van der Waals surface area contributed by atoms with Crippen LogP contribution in [0.5, 0.6) is 0 Å². The van der Waals surface area contributed by atoms with Crippen molar-refractivity contribution in [1.29, 1.82) is 0 Å². The number of hydrogen-bond donors (Lipinski definition) is 1. The van der Waals surface area contributed by atoms with Crippen LogP contribution in [0.15, 0.2) is 48.0 Å². The van der Waals surface area contributed by atoms with Crippen molar-refractivity contribution < 1.29 is 19.4 Å². The van der Waals surface area contributed by atoms with Crippen molar-refractivity contribution in [3.63, 3.8) is 0 Å². The Kier molecular flexibility index (Phi) is 7.25. The summed E-state index contributed by atoms with van der Waals surface area (Å²) < 4.78 is 5.41. The summed E-state index contributed by atoms with van der Waals surface area (Å²) in [6.45, 7) is 3.56. The number of aromatic nitrogens is 2. The van der Waals surface area contributed by atoms with E-state index in [4.69, 9.17) is 14.7 Å². The molecule has 0 radical (unpaired) electrons. The van der Waals surface area contributed by atoms with E-state index in [9.17, 15) is 14.7 Å². The van der Waals surface area contributed by atoms with E-state index in [1.807, 2.05) is 28.6 Å². The Balaban J connectivity index is 1.27. The molecule has 1 N–H and O–H groups in total. The minimum Gasteiger partial charge on any atom is -0.481 e. The summed E-state index contributed by atoms with van der Waals surface area (Å²) in [6, 6.07) is 12.5. The highest BCUT2D eigenvalue weighted by Gasteiger charge is 2.40. The van der Waals surface area contributed by atoms with Gasteiger partial charge < -0.3 is 9.84 Å². The number of pyridine rings is 1. The zero-order valence-electron chi connectivity index (χ0n) is 22.3. The molecule has 3 aromatic rings. The van der Waals surface area contributed by atoms with Gasteiger partial charge in [-0.05, 0) is 43.7 Å². The maximum Gasteiger partial charge on any atom is 0.304 e. The third-order valence-electron chi connectivity index (χ3n) is 8.45. The molecule has 8 heteroatoms. The first kappa shape index (κ1) is 26.1. The van der Waals surface area contributed by atoms with Gasteiger partial charge in [0.15, 0.2) is 5.13 Å². The highest BCUT2D eigenvalue weighted by molar-refractivity contribution is 7.14. The molecule has 0 spiro atoms. The number of aliphatic carboxylic acids is 1. The number of carbonyl (C=O) groups excluding carboxylic acids is 1. The number of anilines is 1. The number of amides is 1. The van der Waals surface area contributed by atoms with E-state index >= 15 is 0 Å². The number of hydrogen-bond acceptors (Lipinski definition) is 6. The molecule has 3 heterocycles. The van der Waals surface area contributed by atoms with Crippen molar-refractivity contribution in [1.82, 2.24) is 9.97 Å². The number of rotatable bonds is 10. The molecule has 1 unspecified atom stereocenters. The summed E-state index contributed by atoms with van der Waals surface area (Å²) in [5.41, 5.74) is 4.88. The quantitative estimate of drug-likeness (QED) is 0.320. The van der Waals surface area contributed by atoms with E-state index in [1.54, 1.807) is 0 Å². The van der Waals surface area contributed by atoms with Crippen LogP contribution in [0.4, 0.5) is 5.13 Å². The number of ether oxygens (including phenoxy) is 1. The van der Waals surface area contributed by atoms with Gasteiger partial charge in [0.2, 0.25) is 5.91 Å². The lowest BCUT2D eigenvalue weighted by Crippen LogP contribution is -2.44. The number of thiazole rings is 1. The van der Waals surface area contributed by atoms with Crippen LogP contribution in [0, 0.1) is 11.8 Å². The van der Waals surface area contributed by atoms with Gasteiger partial charge in [-0.2, -0.15) is 0 Å². The highest BCUT2D eigenvalue weighted by Crippen LogP contribution is 2.41. The molecule has 1 aliphatic heterocycles. The van der Waals surface area contributed by atoms with Crippen molar-refractivity contribution in [2.45, 2.75) is 69.7 Å². The molecule has 2 aliphatic carbocycles. The van der Waals surface area contributed by atoms with Crippen LogP contribution < -0.4 is 4.90 Å². The number of carboxylic acids is 1. The smallest absolute Gasteiger partial charge is 0.304 e. The normalized spacial score (nSPS) is 19.4. The number of carboxylic acid groups (broad SMARTS) is 1. The maximum absolute atomic E-state index is 13.8. The highest BCUT2D eigenvalue weighted by atomic mass is 32.1. The summed E-state index contributed by atoms with van der Waals surface area (Å²) in [7, 11) is 0. The van der Waals surface area contributed by atoms with Gasteiger partial charge in [0.05, 0.1) is 36.4 Å². The molecule has 1 amide bonds. The van der Waals surface area contributed by atoms with Crippen molar-refractivity contribution in [2.75, 3.05) is 18.1 Å². The minimum atomic E-state index is -0.908. The molecule has 2 aromatic heterocycles. The second-order valence-corrected chi connectivity index (χ2v) is 12.5. The molecule has 2 saturated carbocycles. The summed E-state index contributed by atoms with van der Waals surface area (Å²) in [4.78, 5) is 37.1. The van der Waals surface area contributed by atoms with Gasteiger partial charge in [-0.3, -0.25) is 19.5 Å². The van der Waals surface area contributed by atoms with Gasteiger partial charge >= 0.3 is 5.97 Å². The van der Waals surface area contributed by atoms with Gasteiger partial charge in [-0.1, -0.05) is 56.0 Å². The van der Waals surface area contributed by atoms with Crippen LogP contribution in [0.25, 0.3) is 22.4 Å². The molecule has 3 fully saturated rings. The summed E-state index contributed by atoms with van der Waals surface area (Å²) in [5.74, 6) is -1.04. The zero-order valence-corrected chi connectivity index (χ0v) is 23.2. The fraction of sp³-hybridized carbons (Fsp3) is 0.484. The topological polar surface area (TPSA) is 92.6 Å². The van der Waals surface area contributed by atoms with Crippen molar-refractivity contribution in [3.05, 3.63) is 53.7 Å². The van der Waals surface area contributed by atoms with E-state index < -0.39 is 11.9 Å². The third kappa shape index (κ3) is 5.50. The van der Waals surface area contributed by atoms with Crippen LogP contribution in [0.3, 0.4) is 0 Å². The van der Waals surface area contributed by atoms with Crippen LogP contribution >= 0.6 is 11.3 Å². The Morgan fingerprint density at radius 2 is 1.85 bits per heavy atom. The molecule has 7 nitrogen and oxygen atoms in total. The van der Waals surface area contributed by atoms with Crippen molar-refractivity contribution in [2.24, 2.45) is 11.8 Å². The number of benzene rings is 1. The summed E-state index contributed by atoms with van der Waals surface area (Å²) in [6.07, 6.45) is 8.85. The second-order valence-electron chi connectivity index (χ2n) is 11.7. The first-order valence-corrected chi connectivity index (χ1v) is 14.9. The molecule has 204 valence electrons. The van der Waals surface area contributed by atoms with Crippen LogP contribution in [0.2, 0.25) is 0 Å².